The lowest BCUT2D eigenvalue weighted by atomic mass is 9.94. The van der Waals surface area contributed by atoms with Gasteiger partial charge in [0, 0.05) is 19.4 Å². The topological polar surface area (TPSA) is 58.6 Å². The number of carbonyl (C=O) groups is 2. The van der Waals surface area contributed by atoms with Crippen molar-refractivity contribution in [2.75, 3.05) is 19.6 Å². The van der Waals surface area contributed by atoms with Gasteiger partial charge in [-0.2, -0.15) is 0 Å². The van der Waals surface area contributed by atoms with E-state index in [0.29, 0.717) is 6.42 Å². The van der Waals surface area contributed by atoms with Gasteiger partial charge in [-0.25, -0.2) is 4.79 Å². The van der Waals surface area contributed by atoms with E-state index >= 15 is 0 Å². The fraction of sp³-hybridized carbons (Fsp3) is 0.778. The van der Waals surface area contributed by atoms with Crippen LogP contribution in [-0.2, 0) is 14.3 Å². The third-order valence-electron chi connectivity index (χ3n) is 3.90. The van der Waals surface area contributed by atoms with E-state index in [1.54, 1.807) is 0 Å². The van der Waals surface area contributed by atoms with Crippen molar-refractivity contribution in [3.8, 4) is 0 Å². The lowest BCUT2D eigenvalue weighted by Gasteiger charge is -2.34. The van der Waals surface area contributed by atoms with Crippen LogP contribution in [-0.4, -0.2) is 48.1 Å². The maximum atomic E-state index is 12.6. The van der Waals surface area contributed by atoms with Crippen molar-refractivity contribution in [2.24, 2.45) is 5.92 Å². The minimum absolute atomic E-state index is 0.0238. The highest BCUT2D eigenvalue weighted by molar-refractivity contribution is 5.83. The molecule has 5 heteroatoms. The predicted octanol–water partition coefficient (Wildman–Crippen LogP) is 2.51. The monoisotopic (exact) mass is 324 g/mol. The molecule has 1 rings (SSSR count). The molecule has 0 aliphatic carbocycles. The number of likely N-dealkylation sites (tertiary alicyclic amines) is 1. The van der Waals surface area contributed by atoms with Gasteiger partial charge in [0.1, 0.15) is 11.6 Å². The number of nitrogens with one attached hydrogen (secondary N) is 1. The molecule has 0 radical (unpaired) electrons. The molecular weight excluding hydrogens is 292 g/mol. The quantitative estimate of drug-likeness (QED) is 0.577. The molecular formula is C18H32N2O3. The van der Waals surface area contributed by atoms with E-state index in [9.17, 15) is 9.59 Å². The Labute approximate surface area is 140 Å². The van der Waals surface area contributed by atoms with E-state index in [4.69, 9.17) is 4.74 Å². The number of amides is 1. The summed E-state index contributed by atoms with van der Waals surface area (Å²) < 4.78 is 5.51. The Morgan fingerprint density at radius 2 is 1.87 bits per heavy atom. The number of hydrogen-bond donors (Lipinski definition) is 1. The number of nitrogens with zero attached hydrogens (tertiary/aromatic N) is 1. The second-order valence-electron chi connectivity index (χ2n) is 7.36. The highest BCUT2D eigenvalue weighted by Gasteiger charge is 2.33. The van der Waals surface area contributed by atoms with Crippen LogP contribution in [0.3, 0.4) is 0 Å². The Balaban J connectivity index is 2.85. The molecule has 0 spiro atoms. The molecule has 0 bridgehead atoms. The average Bonchev–Trinajstić information content (AvgIpc) is 2.43. The van der Waals surface area contributed by atoms with Crippen molar-refractivity contribution in [1.82, 2.24) is 10.2 Å². The summed E-state index contributed by atoms with van der Waals surface area (Å²) in [7, 11) is 0. The van der Waals surface area contributed by atoms with Crippen LogP contribution in [0, 0.1) is 5.92 Å². The second kappa shape index (κ2) is 9.06. The SMILES string of the molecule is C=CC[C@H](CN1CCCCC1)[C@H](NC(C)=O)C(=O)OC(C)(C)C. The summed E-state index contributed by atoms with van der Waals surface area (Å²) in [5.74, 6) is -0.602. The van der Waals surface area contributed by atoms with Gasteiger partial charge in [0.15, 0.2) is 0 Å². The first-order chi connectivity index (χ1) is 10.7. The first-order valence-electron chi connectivity index (χ1n) is 8.56. The fourth-order valence-corrected chi connectivity index (χ4v) is 2.96. The minimum atomic E-state index is -0.633. The van der Waals surface area contributed by atoms with Crippen LogP contribution in [0.5, 0.6) is 0 Å². The van der Waals surface area contributed by atoms with Crippen LogP contribution in [0.2, 0.25) is 0 Å². The molecule has 1 aliphatic heterocycles. The van der Waals surface area contributed by atoms with Crippen LogP contribution in [0.1, 0.15) is 53.4 Å². The third kappa shape index (κ3) is 7.64. The van der Waals surface area contributed by atoms with Gasteiger partial charge < -0.3 is 15.0 Å². The highest BCUT2D eigenvalue weighted by Crippen LogP contribution is 2.19. The molecule has 1 heterocycles. The Morgan fingerprint density at radius 1 is 1.26 bits per heavy atom. The fourth-order valence-electron chi connectivity index (χ4n) is 2.96. The van der Waals surface area contributed by atoms with Gasteiger partial charge in [-0.3, -0.25) is 4.79 Å². The molecule has 1 amide bonds. The van der Waals surface area contributed by atoms with Crippen LogP contribution >= 0.6 is 0 Å². The zero-order valence-corrected chi connectivity index (χ0v) is 15.1. The van der Waals surface area contributed by atoms with E-state index in [-0.39, 0.29) is 17.8 Å². The number of hydrogen-bond acceptors (Lipinski definition) is 4. The van der Waals surface area contributed by atoms with Crippen LogP contribution in [0.4, 0.5) is 0 Å². The van der Waals surface area contributed by atoms with Gasteiger partial charge in [-0.05, 0) is 53.1 Å². The molecule has 23 heavy (non-hydrogen) atoms. The zero-order chi connectivity index (χ0) is 17.5. The average molecular weight is 324 g/mol. The van der Waals surface area contributed by atoms with E-state index in [2.05, 4.69) is 16.8 Å². The molecule has 1 fully saturated rings. The number of carbonyl (C=O) groups excluding carboxylic acids is 2. The van der Waals surface area contributed by atoms with Crippen molar-refractivity contribution in [2.45, 2.75) is 65.0 Å². The summed E-state index contributed by atoms with van der Waals surface area (Å²) in [5, 5.41) is 2.79. The molecule has 132 valence electrons. The van der Waals surface area contributed by atoms with Gasteiger partial charge in [-0.15, -0.1) is 6.58 Å². The van der Waals surface area contributed by atoms with Gasteiger partial charge in [0.25, 0.3) is 0 Å². The van der Waals surface area contributed by atoms with Crippen LogP contribution < -0.4 is 5.32 Å². The van der Waals surface area contributed by atoms with Gasteiger partial charge in [0.05, 0.1) is 0 Å². The Hall–Kier alpha value is -1.36. The van der Waals surface area contributed by atoms with Crippen molar-refractivity contribution in [3.05, 3.63) is 12.7 Å². The standard InChI is InChI=1S/C18H32N2O3/c1-6-10-15(13-20-11-8-7-9-12-20)16(19-14(2)21)17(22)23-18(3,4)5/h6,15-16H,1,7-13H2,2-5H3,(H,19,21)/t15-,16+/m1/s1. The van der Waals surface area contributed by atoms with E-state index in [1.807, 2.05) is 26.8 Å². The molecule has 1 aliphatic rings. The smallest absolute Gasteiger partial charge is 0.329 e. The number of esters is 1. The lowest BCUT2D eigenvalue weighted by molar-refractivity contribution is -0.160. The molecule has 0 aromatic heterocycles. The zero-order valence-electron chi connectivity index (χ0n) is 15.1. The largest absolute Gasteiger partial charge is 0.458 e. The molecule has 2 atom stereocenters. The molecule has 0 saturated carbocycles. The number of piperidine rings is 1. The Bertz CT molecular complexity index is 409. The molecule has 1 saturated heterocycles. The van der Waals surface area contributed by atoms with E-state index in [0.717, 1.165) is 19.6 Å². The summed E-state index contributed by atoms with van der Waals surface area (Å²) in [4.78, 5) is 26.5. The Kier molecular flexibility index (Phi) is 7.76. The molecule has 0 aromatic carbocycles. The van der Waals surface area contributed by atoms with Crippen molar-refractivity contribution >= 4 is 11.9 Å². The third-order valence-corrected chi connectivity index (χ3v) is 3.90. The van der Waals surface area contributed by atoms with Crippen LogP contribution in [0.25, 0.3) is 0 Å². The summed E-state index contributed by atoms with van der Waals surface area (Å²) in [6.07, 6.45) is 6.13. The molecule has 0 aromatic rings. The summed E-state index contributed by atoms with van der Waals surface area (Å²) in [6.45, 7) is 13.6. The number of rotatable bonds is 7. The van der Waals surface area contributed by atoms with Gasteiger partial charge in [0.2, 0.25) is 5.91 Å². The highest BCUT2D eigenvalue weighted by atomic mass is 16.6. The second-order valence-corrected chi connectivity index (χ2v) is 7.36. The van der Waals surface area contributed by atoms with E-state index < -0.39 is 11.6 Å². The van der Waals surface area contributed by atoms with Crippen molar-refractivity contribution in [3.63, 3.8) is 0 Å². The van der Waals surface area contributed by atoms with Gasteiger partial charge >= 0.3 is 5.97 Å². The van der Waals surface area contributed by atoms with E-state index in [1.165, 1.54) is 26.2 Å². The molecule has 0 unspecified atom stereocenters. The predicted molar refractivity (Wildman–Crippen MR) is 92.0 cm³/mol. The minimum Gasteiger partial charge on any atom is -0.458 e. The number of allylic oxidation sites excluding steroid dienone is 1. The first kappa shape index (κ1) is 19.7. The lowest BCUT2D eigenvalue weighted by Crippen LogP contribution is -2.51. The van der Waals surface area contributed by atoms with Gasteiger partial charge in [-0.1, -0.05) is 12.5 Å². The maximum Gasteiger partial charge on any atom is 0.329 e. The van der Waals surface area contributed by atoms with Crippen molar-refractivity contribution < 1.29 is 14.3 Å². The molecule has 5 nitrogen and oxygen atoms in total. The maximum absolute atomic E-state index is 12.6. The van der Waals surface area contributed by atoms with Crippen molar-refractivity contribution in [1.29, 1.82) is 0 Å². The Morgan fingerprint density at radius 3 is 2.35 bits per heavy atom. The van der Waals surface area contributed by atoms with Crippen LogP contribution in [0.15, 0.2) is 12.7 Å². The number of ether oxygens (including phenoxy) is 1. The molecule has 1 N–H and O–H groups in total. The first-order valence-corrected chi connectivity index (χ1v) is 8.56. The summed E-state index contributed by atoms with van der Waals surface area (Å²) in [5.41, 5.74) is -0.572. The summed E-state index contributed by atoms with van der Waals surface area (Å²) >= 11 is 0. The normalized spacial score (nSPS) is 18.8. The summed E-state index contributed by atoms with van der Waals surface area (Å²) in [6, 6.07) is -0.633.